The molecule has 344 valence electrons. The quantitative estimate of drug-likeness (QED) is 0.0870. The third kappa shape index (κ3) is 13.3. The lowest BCUT2D eigenvalue weighted by Crippen LogP contribution is -2.29. The molecule has 7 aromatic rings. The summed E-state index contributed by atoms with van der Waals surface area (Å²) in [6.07, 6.45) is 3.92. The van der Waals surface area contributed by atoms with Crippen molar-refractivity contribution in [1.29, 1.82) is 0 Å². The lowest BCUT2D eigenvalue weighted by molar-refractivity contribution is 0.317. The molecule has 2 heterocycles. The van der Waals surface area contributed by atoms with Gasteiger partial charge in [0.1, 0.15) is 17.4 Å². The molecule has 0 fully saturated rings. The zero-order valence-corrected chi connectivity index (χ0v) is 41.3. The Labute approximate surface area is 405 Å². The molecule has 0 saturated heterocycles. The molecule has 0 bridgehead atoms. The van der Waals surface area contributed by atoms with E-state index in [1.807, 2.05) is 50.7 Å². The van der Waals surface area contributed by atoms with Crippen LogP contribution in [0.1, 0.15) is 91.0 Å². The Morgan fingerprint density at radius 1 is 0.627 bits per heavy atom. The van der Waals surface area contributed by atoms with Crippen molar-refractivity contribution in [3.63, 3.8) is 0 Å². The first-order chi connectivity index (χ1) is 32.4. The smallest absolute Gasteiger partial charge is 0.488 e. The van der Waals surface area contributed by atoms with Gasteiger partial charge < -0.3 is 19.5 Å². The summed E-state index contributed by atoms with van der Waals surface area (Å²) in [5.41, 5.74) is 11.4. The second-order valence-corrected chi connectivity index (χ2v) is 20.8. The molecule has 7 nitrogen and oxygen atoms in total. The van der Waals surface area contributed by atoms with Crippen LogP contribution in [0.2, 0.25) is 0 Å². The Balaban J connectivity index is 0.000000159. The molecule has 1 atom stereocenters. The maximum atomic E-state index is 12.5. The molecule has 0 radical (unpaired) electrons. The molecule has 2 aliphatic heterocycles. The molecular formula is C56H58BNO6S3. The van der Waals surface area contributed by atoms with Crippen molar-refractivity contribution in [1.82, 2.24) is 0 Å². The first-order valence-corrected chi connectivity index (χ1v) is 26.1. The highest BCUT2D eigenvalue weighted by atomic mass is 32.2. The Morgan fingerprint density at radius 3 is 1.67 bits per heavy atom. The van der Waals surface area contributed by atoms with E-state index in [4.69, 9.17) is 19.5 Å². The van der Waals surface area contributed by atoms with E-state index < -0.39 is 17.0 Å². The average molecular weight is 948 g/mol. The third-order valence-electron chi connectivity index (χ3n) is 11.6. The highest BCUT2D eigenvalue weighted by Crippen LogP contribution is 2.42. The highest BCUT2D eigenvalue weighted by molar-refractivity contribution is 7.99. The van der Waals surface area contributed by atoms with Crippen molar-refractivity contribution in [3.8, 4) is 11.5 Å². The van der Waals surface area contributed by atoms with Crippen LogP contribution in [0.15, 0.2) is 187 Å². The Hall–Kier alpha value is -5.56. The summed E-state index contributed by atoms with van der Waals surface area (Å²) in [7, 11) is -4.83. The molecule has 1 unspecified atom stereocenters. The molecule has 0 aromatic heterocycles. The number of rotatable bonds is 13. The minimum atomic E-state index is -3.43. The fraction of sp³-hybridized carbons (Fsp3) is 0.232. The second-order valence-electron chi connectivity index (χ2n) is 16.7. The summed E-state index contributed by atoms with van der Waals surface area (Å²) >= 11 is 3.67. The van der Waals surface area contributed by atoms with Gasteiger partial charge in [0.15, 0.2) is 9.84 Å². The highest BCUT2D eigenvalue weighted by Gasteiger charge is 2.20. The molecule has 11 heteroatoms. The molecule has 0 saturated carbocycles. The van der Waals surface area contributed by atoms with Crippen LogP contribution in [-0.2, 0) is 22.7 Å². The van der Waals surface area contributed by atoms with Crippen molar-refractivity contribution in [2.75, 3.05) is 19.1 Å². The van der Waals surface area contributed by atoms with E-state index in [-0.39, 0.29) is 5.88 Å². The van der Waals surface area contributed by atoms with Gasteiger partial charge >= 0.3 is 7.12 Å². The predicted molar refractivity (Wildman–Crippen MR) is 277 cm³/mol. The largest absolute Gasteiger partial charge is 0.494 e. The van der Waals surface area contributed by atoms with Gasteiger partial charge in [-0.2, -0.15) is 0 Å². The summed E-state index contributed by atoms with van der Waals surface area (Å²) in [6.45, 7) is 11.7. The Kier molecular flexibility index (Phi) is 17.3. The van der Waals surface area contributed by atoms with Crippen molar-refractivity contribution < 1.29 is 27.9 Å². The molecule has 0 amide bonds. The molecule has 2 N–H and O–H groups in total. The molecule has 0 aliphatic carbocycles. The number of hydrogen-bond acceptors (Lipinski definition) is 9. The fourth-order valence-corrected chi connectivity index (χ4v) is 10.8. The molecular weight excluding hydrogens is 890 g/mol. The van der Waals surface area contributed by atoms with Gasteiger partial charge in [0.05, 0.1) is 18.1 Å². The number of sulfone groups is 1. The van der Waals surface area contributed by atoms with Gasteiger partial charge in [0.2, 0.25) is 0 Å². The second kappa shape index (κ2) is 23.4. The normalized spacial score (nSPS) is 12.9. The van der Waals surface area contributed by atoms with Crippen LogP contribution in [0.4, 0.5) is 0 Å². The number of ether oxygens (including phenoxy) is 2. The maximum Gasteiger partial charge on any atom is 0.488 e. The van der Waals surface area contributed by atoms with Gasteiger partial charge in [-0.1, -0.05) is 141 Å². The summed E-state index contributed by atoms with van der Waals surface area (Å²) in [5, 5.41) is 17.6. The zero-order valence-electron chi connectivity index (χ0n) is 38.8. The van der Waals surface area contributed by atoms with E-state index in [1.54, 1.807) is 48.2 Å². The monoisotopic (exact) mass is 947 g/mol. The summed E-state index contributed by atoms with van der Waals surface area (Å²) in [4.78, 5) is 10.0. The summed E-state index contributed by atoms with van der Waals surface area (Å²) < 4.78 is 36.1. The van der Waals surface area contributed by atoms with Crippen LogP contribution in [0, 0.1) is 6.92 Å². The fourth-order valence-electron chi connectivity index (χ4n) is 7.61. The predicted octanol–water partition coefficient (Wildman–Crippen LogP) is 12.1. The van der Waals surface area contributed by atoms with Crippen LogP contribution >= 0.6 is 23.5 Å². The first-order valence-electron chi connectivity index (χ1n) is 22.8. The van der Waals surface area contributed by atoms with Crippen LogP contribution < -0.4 is 14.9 Å². The van der Waals surface area contributed by atoms with Crippen LogP contribution in [-0.4, -0.2) is 50.4 Å². The number of hydrogen-bond donors (Lipinski definition) is 2. The van der Waals surface area contributed by atoms with Crippen molar-refractivity contribution in [2.24, 2.45) is 4.99 Å². The van der Waals surface area contributed by atoms with Gasteiger partial charge in [0.25, 0.3) is 0 Å². The van der Waals surface area contributed by atoms with E-state index in [1.165, 1.54) is 53.0 Å². The topological polar surface area (TPSA) is 105 Å². The Bertz CT molecular complexity index is 2880. The number of benzene rings is 7. The van der Waals surface area contributed by atoms with E-state index in [2.05, 4.69) is 122 Å². The molecule has 9 rings (SSSR count). The van der Waals surface area contributed by atoms with Crippen LogP contribution in [0.5, 0.6) is 11.5 Å². The van der Waals surface area contributed by atoms with E-state index in [0.717, 1.165) is 60.6 Å². The van der Waals surface area contributed by atoms with Crippen LogP contribution in [0.25, 0.3) is 0 Å². The van der Waals surface area contributed by atoms with Crippen molar-refractivity contribution in [3.05, 3.63) is 202 Å². The van der Waals surface area contributed by atoms with Crippen LogP contribution in [0.3, 0.4) is 0 Å². The number of nitrogens with zero attached hydrogens (tertiary/aromatic N) is 1. The minimum Gasteiger partial charge on any atom is -0.494 e. The zero-order chi connectivity index (χ0) is 47.3. The lowest BCUT2D eigenvalue weighted by Gasteiger charge is -2.21. The number of fused-ring (bicyclic) bond motifs is 4. The molecule has 7 aromatic carbocycles. The van der Waals surface area contributed by atoms with Gasteiger partial charge in [-0.15, -0.1) is 0 Å². The molecule has 2 aliphatic rings. The molecule has 0 spiro atoms. The van der Waals surface area contributed by atoms with Crippen molar-refractivity contribution in [2.45, 2.75) is 90.7 Å². The van der Waals surface area contributed by atoms with Gasteiger partial charge in [-0.05, 0) is 151 Å². The van der Waals surface area contributed by atoms with E-state index >= 15 is 0 Å². The first kappa shape index (κ1) is 49.4. The Morgan fingerprint density at radius 2 is 1.12 bits per heavy atom. The van der Waals surface area contributed by atoms with Gasteiger partial charge in [-0.3, -0.25) is 4.99 Å². The SMILES string of the molecule is CC(=NCS(=O)(=O)c1ccc(C)cc1)c1ccc2c(c1)Cc1ccccc1S2.CCCOc1ccc(B(O)O)cc1.CCCOc1ccc(C(C)c2ccc3c(c2)Cc2ccccc2S3)cc1. The third-order valence-corrected chi connectivity index (χ3v) is 15.5. The van der Waals surface area contributed by atoms with Gasteiger partial charge in [-0.25, -0.2) is 8.42 Å². The van der Waals surface area contributed by atoms with E-state index in [0.29, 0.717) is 22.9 Å². The summed E-state index contributed by atoms with van der Waals surface area (Å²) in [6, 6.07) is 52.6. The average Bonchev–Trinajstić information content (AvgIpc) is 3.35. The molecule has 67 heavy (non-hydrogen) atoms. The number of aryl methyl sites for hydroxylation is 1. The standard InChI is InChI=1S/C24H24OS.C23H21NO2S2.C9H13BO3/c1-3-14-25-22-11-8-18(9-12-22)17(2)19-10-13-24-21(15-19)16-20-6-4-5-7-23(20)26-24;1-16-7-10-21(11-8-16)28(25,26)15-24-17(2)18-9-12-23-20(13-18)14-19-5-3-4-6-22(19)27-23;1-2-7-13-9-5-3-8(4-6-9)10(11)12/h4-13,15,17H,3,14,16H2,1-2H3;3-13H,14-15H2,1-2H3;3-6,11-12H,2,7H2,1H3. The minimum absolute atomic E-state index is 0.240. The lowest BCUT2D eigenvalue weighted by atomic mass is 9.80. The van der Waals surface area contributed by atoms with Crippen molar-refractivity contribution >= 4 is 51.7 Å². The maximum absolute atomic E-state index is 12.5. The summed E-state index contributed by atoms with van der Waals surface area (Å²) in [5.74, 6) is 1.85. The van der Waals surface area contributed by atoms with E-state index in [9.17, 15) is 8.42 Å². The number of aliphatic imine (C=N–C) groups is 1. The van der Waals surface area contributed by atoms with Gasteiger partial charge in [0, 0.05) is 31.2 Å².